The summed E-state index contributed by atoms with van der Waals surface area (Å²) in [5.74, 6) is 0. The highest BCUT2D eigenvalue weighted by Gasteiger charge is 2.09. The van der Waals surface area contributed by atoms with Crippen molar-refractivity contribution in [3.8, 4) is 0 Å². The summed E-state index contributed by atoms with van der Waals surface area (Å²) < 4.78 is 0. The number of benzene rings is 1. The zero-order valence-corrected chi connectivity index (χ0v) is 11.1. The zero-order valence-electron chi connectivity index (χ0n) is 10.3. The van der Waals surface area contributed by atoms with Gasteiger partial charge in [0.15, 0.2) is 5.13 Å². The van der Waals surface area contributed by atoms with Crippen molar-refractivity contribution in [3.63, 3.8) is 0 Å². The van der Waals surface area contributed by atoms with E-state index in [2.05, 4.69) is 37.0 Å². The number of aromatic nitrogens is 1. The Hall–Kier alpha value is -1.39. The van der Waals surface area contributed by atoms with E-state index < -0.39 is 0 Å². The Balaban J connectivity index is 2.32. The Labute approximate surface area is 105 Å². The predicted molar refractivity (Wildman–Crippen MR) is 72.0 cm³/mol. The maximum atomic E-state index is 9.04. The molecule has 0 aliphatic rings. The summed E-state index contributed by atoms with van der Waals surface area (Å²) in [5.41, 5.74) is 3.61. The maximum Gasteiger partial charge on any atom is 0.189 e. The molecular weight excluding hydrogens is 232 g/mol. The molecule has 3 nitrogen and oxygen atoms in total. The predicted octanol–water partition coefficient (Wildman–Crippen LogP) is 3.02. The first-order valence-electron chi connectivity index (χ1n) is 5.47. The average molecular weight is 248 g/mol. The highest BCUT2D eigenvalue weighted by molar-refractivity contribution is 7.15. The molecule has 1 N–H and O–H groups in total. The molecule has 0 spiro atoms. The van der Waals surface area contributed by atoms with E-state index in [1.54, 1.807) is 6.20 Å². The maximum absolute atomic E-state index is 9.04. The zero-order chi connectivity index (χ0) is 12.4. The number of rotatable bonds is 3. The number of hydrogen-bond donors (Lipinski definition) is 1. The number of nitrogens with zero attached hydrogens (tertiary/aromatic N) is 2. The van der Waals surface area contributed by atoms with E-state index in [0.717, 1.165) is 15.7 Å². The third-order valence-corrected chi connectivity index (χ3v) is 3.64. The molecule has 1 aromatic heterocycles. The number of aliphatic hydroxyl groups excluding tert-OH is 1. The van der Waals surface area contributed by atoms with Gasteiger partial charge in [-0.25, -0.2) is 4.98 Å². The molecule has 0 saturated heterocycles. The lowest BCUT2D eigenvalue weighted by atomic mass is 10.1. The minimum atomic E-state index is 0.0539. The van der Waals surface area contributed by atoms with E-state index in [1.165, 1.54) is 22.5 Å². The van der Waals surface area contributed by atoms with Crippen molar-refractivity contribution in [1.82, 2.24) is 4.98 Å². The van der Waals surface area contributed by atoms with Gasteiger partial charge in [0, 0.05) is 18.9 Å². The van der Waals surface area contributed by atoms with Crippen molar-refractivity contribution in [2.45, 2.75) is 20.5 Å². The topological polar surface area (TPSA) is 36.4 Å². The largest absolute Gasteiger partial charge is 0.391 e. The monoisotopic (exact) mass is 248 g/mol. The highest BCUT2D eigenvalue weighted by atomic mass is 32.1. The fourth-order valence-corrected chi connectivity index (χ4v) is 2.53. The van der Waals surface area contributed by atoms with Crippen LogP contribution in [0.15, 0.2) is 24.4 Å². The molecule has 90 valence electrons. The van der Waals surface area contributed by atoms with Gasteiger partial charge in [0.05, 0.1) is 11.5 Å². The van der Waals surface area contributed by atoms with Crippen molar-refractivity contribution in [2.75, 3.05) is 11.9 Å². The Morgan fingerprint density at radius 1 is 1.24 bits per heavy atom. The van der Waals surface area contributed by atoms with Crippen LogP contribution in [0.1, 0.15) is 16.0 Å². The lowest BCUT2D eigenvalue weighted by Crippen LogP contribution is -2.09. The highest BCUT2D eigenvalue weighted by Crippen LogP contribution is 2.29. The van der Waals surface area contributed by atoms with Gasteiger partial charge in [0.25, 0.3) is 0 Å². The number of aryl methyl sites for hydroxylation is 2. The Kier molecular flexibility index (Phi) is 3.45. The molecule has 0 atom stereocenters. The van der Waals surface area contributed by atoms with E-state index in [0.29, 0.717) is 0 Å². The summed E-state index contributed by atoms with van der Waals surface area (Å²) in [7, 11) is 1.99. The Morgan fingerprint density at radius 2 is 1.88 bits per heavy atom. The minimum absolute atomic E-state index is 0.0539. The molecule has 0 saturated carbocycles. The second kappa shape index (κ2) is 4.85. The fraction of sp³-hybridized carbons (Fsp3) is 0.308. The van der Waals surface area contributed by atoms with Crippen molar-refractivity contribution < 1.29 is 5.11 Å². The molecule has 0 unspecified atom stereocenters. The van der Waals surface area contributed by atoms with Gasteiger partial charge in [-0.2, -0.15) is 0 Å². The van der Waals surface area contributed by atoms with Crippen LogP contribution in [0.5, 0.6) is 0 Å². The summed E-state index contributed by atoms with van der Waals surface area (Å²) in [5, 5.41) is 9.95. The first-order chi connectivity index (χ1) is 8.10. The first kappa shape index (κ1) is 12.1. The van der Waals surface area contributed by atoms with E-state index in [9.17, 15) is 0 Å². The molecule has 0 aliphatic heterocycles. The van der Waals surface area contributed by atoms with Gasteiger partial charge in [-0.1, -0.05) is 17.4 Å². The van der Waals surface area contributed by atoms with Crippen molar-refractivity contribution in [1.29, 1.82) is 0 Å². The summed E-state index contributed by atoms with van der Waals surface area (Å²) in [4.78, 5) is 7.24. The minimum Gasteiger partial charge on any atom is -0.391 e. The van der Waals surface area contributed by atoms with Crippen LogP contribution in [0.3, 0.4) is 0 Å². The molecule has 4 heteroatoms. The normalized spacial score (nSPS) is 10.6. The first-order valence-corrected chi connectivity index (χ1v) is 6.29. The summed E-state index contributed by atoms with van der Waals surface area (Å²) in [6.07, 6.45) is 1.72. The van der Waals surface area contributed by atoms with Gasteiger partial charge < -0.3 is 10.0 Å². The van der Waals surface area contributed by atoms with Crippen LogP contribution in [0.2, 0.25) is 0 Å². The van der Waals surface area contributed by atoms with Crippen LogP contribution in [0.25, 0.3) is 0 Å². The van der Waals surface area contributed by atoms with Crippen molar-refractivity contribution in [3.05, 3.63) is 40.4 Å². The Bertz CT molecular complexity index is 502. The number of hydrogen-bond acceptors (Lipinski definition) is 4. The van der Waals surface area contributed by atoms with Crippen LogP contribution in [0.4, 0.5) is 10.8 Å². The average Bonchev–Trinajstić information content (AvgIpc) is 2.75. The molecule has 1 aromatic carbocycles. The molecule has 1 heterocycles. The van der Waals surface area contributed by atoms with E-state index in [4.69, 9.17) is 5.11 Å². The third kappa shape index (κ3) is 2.65. The molecule has 0 amide bonds. The second-order valence-electron chi connectivity index (χ2n) is 4.17. The Morgan fingerprint density at radius 3 is 2.41 bits per heavy atom. The van der Waals surface area contributed by atoms with Gasteiger partial charge in [-0.05, 0) is 37.1 Å². The molecule has 0 bridgehead atoms. The fourth-order valence-electron chi connectivity index (χ4n) is 1.78. The lowest BCUT2D eigenvalue weighted by molar-refractivity contribution is 0.285. The smallest absolute Gasteiger partial charge is 0.189 e. The van der Waals surface area contributed by atoms with E-state index in [1.807, 2.05) is 11.9 Å². The third-order valence-electron chi connectivity index (χ3n) is 2.58. The number of thiazole rings is 1. The van der Waals surface area contributed by atoms with Gasteiger partial charge in [-0.3, -0.25) is 0 Å². The molecule has 0 aliphatic carbocycles. The van der Waals surface area contributed by atoms with Crippen molar-refractivity contribution in [2.24, 2.45) is 0 Å². The van der Waals surface area contributed by atoms with Gasteiger partial charge in [0.1, 0.15) is 0 Å². The van der Waals surface area contributed by atoms with E-state index >= 15 is 0 Å². The quantitative estimate of drug-likeness (QED) is 0.907. The number of aliphatic hydroxyl groups is 1. The second-order valence-corrected chi connectivity index (χ2v) is 5.27. The molecule has 0 fully saturated rings. The molecule has 2 aromatic rings. The molecule has 2 rings (SSSR count). The standard InChI is InChI=1S/C13H16N2OS/c1-9-4-10(2)6-11(5-9)15(3)13-14-7-12(8-16)17-13/h4-7,16H,8H2,1-3H3. The van der Waals surface area contributed by atoms with Crippen LogP contribution < -0.4 is 4.90 Å². The number of anilines is 2. The molecule has 17 heavy (non-hydrogen) atoms. The van der Waals surface area contributed by atoms with Gasteiger partial charge in [-0.15, -0.1) is 0 Å². The lowest BCUT2D eigenvalue weighted by Gasteiger charge is -2.17. The SMILES string of the molecule is Cc1cc(C)cc(N(C)c2ncc(CO)s2)c1. The van der Waals surface area contributed by atoms with Crippen LogP contribution in [-0.2, 0) is 6.61 Å². The summed E-state index contributed by atoms with van der Waals surface area (Å²) >= 11 is 1.51. The van der Waals surface area contributed by atoms with Crippen LogP contribution in [0, 0.1) is 13.8 Å². The van der Waals surface area contributed by atoms with Crippen molar-refractivity contribution >= 4 is 22.2 Å². The molecular formula is C13H16N2OS. The van der Waals surface area contributed by atoms with Crippen LogP contribution in [-0.4, -0.2) is 17.1 Å². The van der Waals surface area contributed by atoms with E-state index in [-0.39, 0.29) is 6.61 Å². The summed E-state index contributed by atoms with van der Waals surface area (Å²) in [6, 6.07) is 6.42. The summed E-state index contributed by atoms with van der Waals surface area (Å²) in [6.45, 7) is 4.23. The van der Waals surface area contributed by atoms with Gasteiger partial charge in [0.2, 0.25) is 0 Å². The van der Waals surface area contributed by atoms with Gasteiger partial charge >= 0.3 is 0 Å². The molecule has 0 radical (unpaired) electrons. The van der Waals surface area contributed by atoms with Crippen LogP contribution >= 0.6 is 11.3 Å².